The zero-order valence-corrected chi connectivity index (χ0v) is 13.2. The van der Waals surface area contributed by atoms with Crippen molar-refractivity contribution in [3.63, 3.8) is 0 Å². The molecule has 3 nitrogen and oxygen atoms in total. The summed E-state index contributed by atoms with van der Waals surface area (Å²) in [5.41, 5.74) is 3.02. The van der Waals surface area contributed by atoms with Gasteiger partial charge in [0.25, 0.3) is 0 Å². The summed E-state index contributed by atoms with van der Waals surface area (Å²) in [5.74, 6) is 0. The predicted molar refractivity (Wildman–Crippen MR) is 85.9 cm³/mol. The summed E-state index contributed by atoms with van der Waals surface area (Å²) in [5, 5.41) is 12.6. The van der Waals surface area contributed by atoms with Crippen molar-refractivity contribution in [3.05, 3.63) is 29.3 Å². The van der Waals surface area contributed by atoms with Crippen molar-refractivity contribution in [2.24, 2.45) is 0 Å². The standard InChI is InChI=1S/C17H27N3/c1-5-7-10-20(14(3)6-2)17-9-8-15(13-19-4)11-16(17)12-18/h8-9,11,14,19H,5-7,10,13H2,1-4H3. The molecule has 20 heavy (non-hydrogen) atoms. The van der Waals surface area contributed by atoms with E-state index in [4.69, 9.17) is 0 Å². The normalized spacial score (nSPS) is 11.9. The predicted octanol–water partition coefficient (Wildman–Crippen LogP) is 3.68. The van der Waals surface area contributed by atoms with E-state index in [9.17, 15) is 5.26 Å². The van der Waals surface area contributed by atoms with Gasteiger partial charge in [0, 0.05) is 19.1 Å². The molecule has 0 heterocycles. The molecule has 1 aromatic carbocycles. The number of benzene rings is 1. The van der Waals surface area contributed by atoms with Crippen molar-refractivity contribution in [2.75, 3.05) is 18.5 Å². The van der Waals surface area contributed by atoms with Crippen LogP contribution in [0.1, 0.15) is 51.2 Å². The van der Waals surface area contributed by atoms with Gasteiger partial charge in [-0.05, 0) is 44.5 Å². The lowest BCUT2D eigenvalue weighted by molar-refractivity contribution is 0.595. The lowest BCUT2D eigenvalue weighted by atomic mass is 10.1. The van der Waals surface area contributed by atoms with Crippen molar-refractivity contribution in [3.8, 4) is 6.07 Å². The zero-order chi connectivity index (χ0) is 15.0. The largest absolute Gasteiger partial charge is 0.368 e. The molecule has 0 radical (unpaired) electrons. The molecular weight excluding hydrogens is 246 g/mol. The van der Waals surface area contributed by atoms with Crippen molar-refractivity contribution in [2.45, 2.75) is 52.6 Å². The van der Waals surface area contributed by atoms with Crippen molar-refractivity contribution >= 4 is 5.69 Å². The van der Waals surface area contributed by atoms with E-state index in [-0.39, 0.29) is 0 Å². The molecule has 0 aliphatic rings. The van der Waals surface area contributed by atoms with Crippen molar-refractivity contribution < 1.29 is 0 Å². The second kappa shape index (κ2) is 8.60. The number of nitrogens with one attached hydrogen (secondary N) is 1. The van der Waals surface area contributed by atoms with Crippen LogP contribution in [-0.2, 0) is 6.54 Å². The Balaban J connectivity index is 3.08. The highest BCUT2D eigenvalue weighted by Gasteiger charge is 2.16. The summed E-state index contributed by atoms with van der Waals surface area (Å²) < 4.78 is 0. The molecule has 1 aromatic rings. The SMILES string of the molecule is CCCCN(c1ccc(CNC)cc1C#N)C(C)CC. The van der Waals surface area contributed by atoms with E-state index in [0.29, 0.717) is 6.04 Å². The maximum absolute atomic E-state index is 9.44. The van der Waals surface area contributed by atoms with Crippen molar-refractivity contribution in [1.29, 1.82) is 5.26 Å². The number of hydrogen-bond donors (Lipinski definition) is 1. The molecule has 0 aromatic heterocycles. The Hall–Kier alpha value is -1.53. The number of rotatable bonds is 8. The number of unbranched alkanes of at least 4 members (excludes halogenated alkanes) is 1. The molecule has 0 bridgehead atoms. The molecule has 0 aliphatic heterocycles. The van der Waals surface area contributed by atoms with Gasteiger partial charge < -0.3 is 10.2 Å². The topological polar surface area (TPSA) is 39.1 Å². The quantitative estimate of drug-likeness (QED) is 0.785. The first kappa shape index (κ1) is 16.5. The first-order valence-electron chi connectivity index (χ1n) is 7.62. The Bertz CT molecular complexity index is 448. The van der Waals surface area contributed by atoms with Crippen LogP contribution in [0.15, 0.2) is 18.2 Å². The second-order valence-corrected chi connectivity index (χ2v) is 5.30. The Morgan fingerprint density at radius 1 is 1.35 bits per heavy atom. The highest BCUT2D eigenvalue weighted by molar-refractivity contribution is 5.61. The van der Waals surface area contributed by atoms with E-state index in [1.807, 2.05) is 13.1 Å². The lowest BCUT2D eigenvalue weighted by Gasteiger charge is -2.31. The van der Waals surface area contributed by atoms with E-state index in [0.717, 1.165) is 42.7 Å². The Labute approximate surface area is 123 Å². The number of nitriles is 1. The van der Waals surface area contributed by atoms with Gasteiger partial charge in [0.1, 0.15) is 6.07 Å². The van der Waals surface area contributed by atoms with Crippen LogP contribution in [-0.4, -0.2) is 19.6 Å². The third-order valence-corrected chi connectivity index (χ3v) is 3.75. The van der Waals surface area contributed by atoms with Gasteiger partial charge in [0.05, 0.1) is 11.3 Å². The molecule has 0 amide bonds. The van der Waals surface area contributed by atoms with Crippen LogP contribution in [0, 0.1) is 11.3 Å². The molecule has 0 saturated carbocycles. The van der Waals surface area contributed by atoms with Crippen LogP contribution in [0.3, 0.4) is 0 Å². The van der Waals surface area contributed by atoms with Gasteiger partial charge in [0.2, 0.25) is 0 Å². The van der Waals surface area contributed by atoms with E-state index in [2.05, 4.69) is 49.2 Å². The number of nitrogens with zero attached hydrogens (tertiary/aromatic N) is 2. The smallest absolute Gasteiger partial charge is 0.101 e. The minimum absolute atomic E-state index is 0.462. The first-order valence-corrected chi connectivity index (χ1v) is 7.62. The molecule has 1 rings (SSSR count). The maximum Gasteiger partial charge on any atom is 0.101 e. The molecule has 3 heteroatoms. The Kier molecular flexibility index (Phi) is 7.11. The van der Waals surface area contributed by atoms with Gasteiger partial charge >= 0.3 is 0 Å². The summed E-state index contributed by atoms with van der Waals surface area (Å²) in [7, 11) is 1.92. The summed E-state index contributed by atoms with van der Waals surface area (Å²) in [6.07, 6.45) is 3.42. The van der Waals surface area contributed by atoms with E-state index in [1.54, 1.807) is 0 Å². The highest BCUT2D eigenvalue weighted by Crippen LogP contribution is 2.25. The summed E-state index contributed by atoms with van der Waals surface area (Å²) in [4.78, 5) is 2.38. The fourth-order valence-corrected chi connectivity index (χ4v) is 2.36. The van der Waals surface area contributed by atoms with Crippen LogP contribution in [0.2, 0.25) is 0 Å². The molecule has 0 spiro atoms. The summed E-state index contributed by atoms with van der Waals surface area (Å²) in [6.45, 7) is 8.46. The van der Waals surface area contributed by atoms with Crippen LogP contribution >= 0.6 is 0 Å². The maximum atomic E-state index is 9.44. The number of hydrogen-bond acceptors (Lipinski definition) is 3. The summed E-state index contributed by atoms with van der Waals surface area (Å²) in [6, 6.07) is 9.05. The third kappa shape index (κ3) is 4.25. The van der Waals surface area contributed by atoms with Gasteiger partial charge in [-0.2, -0.15) is 5.26 Å². The third-order valence-electron chi connectivity index (χ3n) is 3.75. The molecule has 1 atom stereocenters. The molecule has 0 saturated heterocycles. The summed E-state index contributed by atoms with van der Waals surface area (Å²) >= 11 is 0. The Morgan fingerprint density at radius 2 is 2.10 bits per heavy atom. The van der Waals surface area contributed by atoms with Gasteiger partial charge in [-0.3, -0.25) is 0 Å². The Morgan fingerprint density at radius 3 is 2.65 bits per heavy atom. The van der Waals surface area contributed by atoms with Gasteiger partial charge in [-0.1, -0.05) is 26.3 Å². The lowest BCUT2D eigenvalue weighted by Crippen LogP contribution is -2.34. The minimum Gasteiger partial charge on any atom is -0.368 e. The van der Waals surface area contributed by atoms with E-state index >= 15 is 0 Å². The molecule has 110 valence electrons. The van der Waals surface area contributed by atoms with Gasteiger partial charge in [-0.25, -0.2) is 0 Å². The molecule has 0 aliphatic carbocycles. The van der Waals surface area contributed by atoms with Crippen LogP contribution in [0.25, 0.3) is 0 Å². The molecule has 1 N–H and O–H groups in total. The first-order chi connectivity index (χ1) is 9.67. The number of anilines is 1. The zero-order valence-electron chi connectivity index (χ0n) is 13.2. The average Bonchev–Trinajstić information content (AvgIpc) is 2.48. The second-order valence-electron chi connectivity index (χ2n) is 5.30. The minimum atomic E-state index is 0.462. The van der Waals surface area contributed by atoms with E-state index in [1.165, 1.54) is 6.42 Å². The monoisotopic (exact) mass is 273 g/mol. The van der Waals surface area contributed by atoms with Gasteiger partial charge in [0.15, 0.2) is 0 Å². The van der Waals surface area contributed by atoms with Crippen LogP contribution in [0.4, 0.5) is 5.69 Å². The highest BCUT2D eigenvalue weighted by atomic mass is 15.2. The van der Waals surface area contributed by atoms with E-state index < -0.39 is 0 Å². The van der Waals surface area contributed by atoms with Gasteiger partial charge in [-0.15, -0.1) is 0 Å². The average molecular weight is 273 g/mol. The van der Waals surface area contributed by atoms with Crippen molar-refractivity contribution in [1.82, 2.24) is 5.32 Å². The fourth-order valence-electron chi connectivity index (χ4n) is 2.36. The van der Waals surface area contributed by atoms with Crippen LogP contribution < -0.4 is 10.2 Å². The molecule has 1 unspecified atom stereocenters. The molecular formula is C17H27N3. The molecule has 0 fully saturated rings. The fraction of sp³-hybridized carbons (Fsp3) is 0.588. The van der Waals surface area contributed by atoms with Crippen LogP contribution in [0.5, 0.6) is 0 Å².